The summed E-state index contributed by atoms with van der Waals surface area (Å²) in [7, 11) is 0. The monoisotopic (exact) mass is 198 g/mol. The molecule has 13 heavy (non-hydrogen) atoms. The van der Waals surface area contributed by atoms with E-state index < -0.39 is 0 Å². The summed E-state index contributed by atoms with van der Waals surface area (Å²) in [5.74, 6) is 0.553. The molecule has 0 aliphatic carbocycles. The van der Waals surface area contributed by atoms with E-state index in [0.29, 0.717) is 12.5 Å². The lowest BCUT2D eigenvalue weighted by molar-refractivity contribution is 0.0389. The Morgan fingerprint density at radius 2 is 2.08 bits per heavy atom. The summed E-state index contributed by atoms with van der Waals surface area (Å²) in [6.45, 7) is 5.28. The Morgan fingerprint density at radius 3 is 2.85 bits per heavy atom. The summed E-state index contributed by atoms with van der Waals surface area (Å²) in [5.41, 5.74) is 0. The van der Waals surface area contributed by atoms with Crippen molar-refractivity contribution in [2.45, 2.75) is 18.9 Å². The van der Waals surface area contributed by atoms with Crippen LogP contribution in [0, 0.1) is 5.92 Å². The molecule has 2 unspecified atom stereocenters. The summed E-state index contributed by atoms with van der Waals surface area (Å²) in [6.07, 6.45) is 2.52. The van der Waals surface area contributed by atoms with E-state index in [1.165, 1.54) is 49.0 Å². The van der Waals surface area contributed by atoms with E-state index in [9.17, 15) is 0 Å². The molecule has 0 spiro atoms. The van der Waals surface area contributed by atoms with Crippen LogP contribution >= 0.6 is 0 Å². The summed E-state index contributed by atoms with van der Waals surface area (Å²) in [6, 6.07) is 0.800. The second kappa shape index (κ2) is 4.29. The Bertz CT molecular complexity index is 179. The molecular weight excluding hydrogens is 179 g/mol. The zero-order valence-electron chi connectivity index (χ0n) is 8.45. The van der Waals surface area contributed by atoms with Gasteiger partial charge in [-0.2, -0.15) is 0 Å². The average Bonchev–Trinajstić information content (AvgIpc) is 2.17. The van der Waals surface area contributed by atoms with E-state index in [4.69, 9.17) is 5.11 Å². The van der Waals surface area contributed by atoms with Crippen molar-refractivity contribution in [3.05, 3.63) is 0 Å². The van der Waals surface area contributed by atoms with Crippen molar-refractivity contribution in [3.63, 3.8) is 0 Å². The van der Waals surface area contributed by atoms with Crippen LogP contribution in [-0.2, 0) is 0 Å². The number of aliphatic hydroxyl groups excluding tert-OH is 1. The van der Waals surface area contributed by atoms with E-state index in [1.807, 2.05) is 0 Å². The summed E-state index contributed by atoms with van der Waals surface area (Å²) in [4.78, 5) is 2.58. The molecule has 2 saturated heterocycles. The van der Waals surface area contributed by atoms with Crippen LogP contribution in [-0.4, -0.2) is 69.2 Å². The molecule has 2 aliphatic rings. The molecule has 2 atom stereocenters. The second-order valence-corrected chi connectivity index (χ2v) is 5.80. The smallest absolute Gasteiger partial charge is 0.321 e. The maximum absolute atomic E-state index is 9.10. The number of hydrogen-bond donors (Lipinski definition) is 1. The van der Waals surface area contributed by atoms with E-state index in [2.05, 4.69) is 8.78 Å². The van der Waals surface area contributed by atoms with Crippen molar-refractivity contribution in [1.82, 2.24) is 8.78 Å². The van der Waals surface area contributed by atoms with Crippen LogP contribution in [0.4, 0.5) is 0 Å². The molecule has 3 nitrogen and oxygen atoms in total. The van der Waals surface area contributed by atoms with Crippen molar-refractivity contribution in [1.29, 1.82) is 0 Å². The number of piperidine rings is 1. The van der Waals surface area contributed by atoms with Crippen LogP contribution in [0.2, 0.25) is 0 Å². The molecule has 74 valence electrons. The van der Waals surface area contributed by atoms with Gasteiger partial charge in [-0.25, -0.2) is 0 Å². The lowest BCUT2D eigenvalue weighted by atomic mass is 9.92. The zero-order chi connectivity index (χ0) is 9.26. The van der Waals surface area contributed by atoms with Gasteiger partial charge in [0.15, 0.2) is 0 Å². The summed E-state index contributed by atoms with van der Waals surface area (Å²) < 4.78 is 2.56. The minimum atomic E-state index is 0.383. The molecule has 2 heterocycles. The third-order valence-corrected chi connectivity index (χ3v) is 4.28. The second-order valence-electron chi connectivity index (χ2n) is 4.54. The number of rotatable bonds is 1. The average molecular weight is 198 g/mol. The van der Waals surface area contributed by atoms with Gasteiger partial charge in [-0.1, -0.05) is 0 Å². The maximum atomic E-state index is 9.10. The van der Waals surface area contributed by atoms with Gasteiger partial charge in [0, 0.05) is 25.7 Å². The first-order valence-electron chi connectivity index (χ1n) is 5.33. The van der Waals surface area contributed by atoms with E-state index in [1.54, 1.807) is 0 Å². The highest BCUT2D eigenvalue weighted by Crippen LogP contribution is 2.23. The molecule has 0 saturated carbocycles. The maximum Gasteiger partial charge on any atom is 0.321 e. The SMILES string of the molecule is OCC1CCC2C[N]([AlH2])CCN2C1. The highest BCUT2D eigenvalue weighted by atomic mass is 27.1. The fourth-order valence-electron chi connectivity index (χ4n) is 2.56. The number of fused-ring (bicyclic) bond motifs is 1. The molecule has 2 rings (SSSR count). The first-order valence-corrected chi connectivity index (χ1v) is 6.22. The third kappa shape index (κ3) is 2.26. The predicted molar refractivity (Wildman–Crippen MR) is 55.3 cm³/mol. The van der Waals surface area contributed by atoms with Gasteiger partial charge in [0.1, 0.15) is 0 Å². The van der Waals surface area contributed by atoms with Crippen LogP contribution in [0.3, 0.4) is 0 Å². The van der Waals surface area contributed by atoms with Crippen molar-refractivity contribution >= 4 is 16.5 Å². The van der Waals surface area contributed by atoms with Crippen LogP contribution in [0.5, 0.6) is 0 Å². The van der Waals surface area contributed by atoms with Crippen molar-refractivity contribution in [3.8, 4) is 0 Å². The van der Waals surface area contributed by atoms with E-state index >= 15 is 0 Å². The summed E-state index contributed by atoms with van der Waals surface area (Å²) >= 11 is 1.21. The first-order chi connectivity index (χ1) is 6.29. The molecule has 0 aromatic rings. The van der Waals surface area contributed by atoms with Gasteiger partial charge in [-0.15, -0.1) is 0 Å². The van der Waals surface area contributed by atoms with Gasteiger partial charge >= 0.3 is 16.5 Å². The third-order valence-electron chi connectivity index (χ3n) is 3.47. The van der Waals surface area contributed by atoms with Crippen molar-refractivity contribution < 1.29 is 5.11 Å². The molecule has 2 aliphatic heterocycles. The normalized spacial score (nSPS) is 37.3. The Kier molecular flexibility index (Phi) is 3.28. The highest BCUT2D eigenvalue weighted by Gasteiger charge is 2.30. The van der Waals surface area contributed by atoms with Crippen LogP contribution in [0.15, 0.2) is 0 Å². The molecular formula is C9H19AlN2O. The molecule has 0 bridgehead atoms. The van der Waals surface area contributed by atoms with Crippen molar-refractivity contribution in [2.24, 2.45) is 5.92 Å². The topological polar surface area (TPSA) is 26.7 Å². The molecule has 4 heteroatoms. The minimum Gasteiger partial charge on any atom is -0.396 e. The van der Waals surface area contributed by atoms with Gasteiger partial charge in [0.2, 0.25) is 0 Å². The van der Waals surface area contributed by atoms with Crippen LogP contribution in [0.25, 0.3) is 0 Å². The highest BCUT2D eigenvalue weighted by molar-refractivity contribution is 6.04. The number of piperazine rings is 1. The first kappa shape index (κ1) is 9.95. The quantitative estimate of drug-likeness (QED) is 0.543. The molecule has 0 radical (unpaired) electrons. The Balaban J connectivity index is 1.90. The lowest BCUT2D eigenvalue weighted by Crippen LogP contribution is -2.56. The fourth-order valence-corrected chi connectivity index (χ4v) is 3.18. The minimum absolute atomic E-state index is 0.383. The molecule has 0 amide bonds. The van der Waals surface area contributed by atoms with Crippen LogP contribution < -0.4 is 0 Å². The standard InChI is InChI=1S/C9H17N2O.Al.2H/c12-7-8-1-2-9-5-10-3-4-11(9)6-8;;;/h8-9,12H,1-7H2;;;/q-1;+1;;. The predicted octanol–water partition coefficient (Wildman–Crippen LogP) is -1.08. The van der Waals surface area contributed by atoms with Crippen molar-refractivity contribution in [2.75, 3.05) is 32.8 Å². The Hall–Kier alpha value is 0.412. The molecule has 2 fully saturated rings. The fraction of sp³-hybridized carbons (Fsp3) is 1.00. The van der Waals surface area contributed by atoms with Gasteiger partial charge in [0.05, 0.1) is 0 Å². The van der Waals surface area contributed by atoms with Gasteiger partial charge in [-0.3, -0.25) is 4.90 Å². The summed E-state index contributed by atoms with van der Waals surface area (Å²) in [5, 5.41) is 9.10. The van der Waals surface area contributed by atoms with Crippen LogP contribution in [0.1, 0.15) is 12.8 Å². The number of nitrogens with zero attached hydrogens (tertiary/aromatic N) is 2. The molecule has 0 aromatic carbocycles. The number of hydrogen-bond acceptors (Lipinski definition) is 3. The van der Waals surface area contributed by atoms with E-state index in [-0.39, 0.29) is 0 Å². The Morgan fingerprint density at radius 1 is 1.23 bits per heavy atom. The van der Waals surface area contributed by atoms with Gasteiger partial charge < -0.3 is 8.99 Å². The van der Waals surface area contributed by atoms with E-state index in [0.717, 1.165) is 12.6 Å². The molecule has 0 aromatic heterocycles. The zero-order valence-corrected chi connectivity index (χ0v) is 10.4. The molecule has 1 N–H and O–H groups in total. The van der Waals surface area contributed by atoms with Gasteiger partial charge in [0.25, 0.3) is 0 Å². The largest absolute Gasteiger partial charge is 0.396 e. The van der Waals surface area contributed by atoms with Gasteiger partial charge in [-0.05, 0) is 31.8 Å². The lowest BCUT2D eigenvalue weighted by Gasteiger charge is -2.45. The Labute approximate surface area is 88.3 Å². The number of aliphatic hydroxyl groups is 1.